The van der Waals surface area contributed by atoms with Crippen LogP contribution in [0.25, 0.3) is 0 Å². The fraction of sp³-hybridized carbons (Fsp3) is 0.200. The van der Waals surface area contributed by atoms with Gasteiger partial charge in [0.2, 0.25) is 5.88 Å². The summed E-state index contributed by atoms with van der Waals surface area (Å²) >= 11 is 0. The number of hydrogen-bond donors (Lipinski definition) is 0. The number of alkyl halides is 3. The first-order valence-corrected chi connectivity index (χ1v) is 6.31. The molecule has 2 aromatic rings. The van der Waals surface area contributed by atoms with Gasteiger partial charge in [-0.3, -0.25) is 4.79 Å². The standard InChI is InChI=1S/C15H10F3NO2/c16-15(17,18)9-4-7-14(19-8-9)21-13-3-1-2-10-11(13)5-6-12(10)20/h1-4,7-8H,5-6H2. The molecule has 0 amide bonds. The Bertz CT molecular complexity index is 693. The van der Waals surface area contributed by atoms with E-state index < -0.39 is 11.7 Å². The van der Waals surface area contributed by atoms with Crippen molar-refractivity contribution in [3.63, 3.8) is 0 Å². The molecule has 3 rings (SSSR count). The number of carbonyl (C=O) groups excluding carboxylic acids is 1. The second kappa shape index (κ2) is 4.87. The Kier molecular flexibility index (Phi) is 3.16. The number of aromatic nitrogens is 1. The van der Waals surface area contributed by atoms with Crippen molar-refractivity contribution in [2.24, 2.45) is 0 Å². The zero-order chi connectivity index (χ0) is 15.0. The van der Waals surface area contributed by atoms with Crippen LogP contribution < -0.4 is 4.74 Å². The van der Waals surface area contributed by atoms with Gasteiger partial charge in [0.1, 0.15) is 5.75 Å². The van der Waals surface area contributed by atoms with Crippen LogP contribution in [0, 0.1) is 0 Å². The molecule has 1 aromatic carbocycles. The molecular formula is C15H10F3NO2. The smallest absolute Gasteiger partial charge is 0.417 e. The minimum absolute atomic E-state index is 0.0517. The molecule has 6 heteroatoms. The molecule has 108 valence electrons. The first-order valence-electron chi connectivity index (χ1n) is 6.31. The number of ketones is 1. The third-order valence-corrected chi connectivity index (χ3v) is 3.31. The maximum atomic E-state index is 12.5. The van der Waals surface area contributed by atoms with E-state index in [1.165, 1.54) is 6.07 Å². The van der Waals surface area contributed by atoms with Crippen LogP contribution >= 0.6 is 0 Å². The van der Waals surface area contributed by atoms with Gasteiger partial charge in [0.15, 0.2) is 5.78 Å². The van der Waals surface area contributed by atoms with Crippen LogP contribution in [0.2, 0.25) is 0 Å². The lowest BCUT2D eigenvalue weighted by Gasteiger charge is -2.10. The van der Waals surface area contributed by atoms with Crippen LogP contribution in [0.5, 0.6) is 11.6 Å². The number of hydrogen-bond acceptors (Lipinski definition) is 3. The van der Waals surface area contributed by atoms with E-state index in [-0.39, 0.29) is 11.7 Å². The van der Waals surface area contributed by atoms with Crippen LogP contribution in [0.3, 0.4) is 0 Å². The number of carbonyl (C=O) groups is 1. The first kappa shape index (κ1) is 13.6. The van der Waals surface area contributed by atoms with Crippen LogP contribution in [-0.2, 0) is 12.6 Å². The number of Topliss-reactive ketones (excluding diaryl/α,β-unsaturated/α-hetero) is 1. The fourth-order valence-corrected chi connectivity index (χ4v) is 2.27. The zero-order valence-corrected chi connectivity index (χ0v) is 10.8. The van der Waals surface area contributed by atoms with E-state index in [2.05, 4.69) is 4.98 Å². The molecule has 0 N–H and O–H groups in total. The molecule has 1 aliphatic carbocycles. The SMILES string of the molecule is O=C1CCc2c(Oc3ccc(C(F)(F)F)cn3)cccc21. The van der Waals surface area contributed by atoms with Crippen LogP contribution in [-0.4, -0.2) is 10.8 Å². The molecule has 0 aliphatic heterocycles. The van der Waals surface area contributed by atoms with Gasteiger partial charge in [-0.05, 0) is 18.6 Å². The van der Waals surface area contributed by atoms with Gasteiger partial charge in [-0.1, -0.05) is 12.1 Å². The Labute approximate surface area is 118 Å². The Morgan fingerprint density at radius 3 is 2.57 bits per heavy atom. The predicted molar refractivity (Wildman–Crippen MR) is 68.4 cm³/mol. The average Bonchev–Trinajstić information content (AvgIpc) is 2.82. The average molecular weight is 293 g/mol. The van der Waals surface area contributed by atoms with Gasteiger partial charge < -0.3 is 4.74 Å². The minimum Gasteiger partial charge on any atom is -0.439 e. The number of rotatable bonds is 2. The predicted octanol–water partition coefficient (Wildman–Crippen LogP) is 4.02. The van der Waals surface area contributed by atoms with E-state index >= 15 is 0 Å². The topological polar surface area (TPSA) is 39.2 Å². The fourth-order valence-electron chi connectivity index (χ4n) is 2.27. The number of halogens is 3. The summed E-state index contributed by atoms with van der Waals surface area (Å²) in [6.45, 7) is 0. The van der Waals surface area contributed by atoms with Crippen molar-refractivity contribution in [1.82, 2.24) is 4.98 Å². The molecule has 3 nitrogen and oxygen atoms in total. The highest BCUT2D eigenvalue weighted by Gasteiger charge is 2.31. The van der Waals surface area contributed by atoms with Gasteiger partial charge in [-0.25, -0.2) is 4.98 Å². The van der Waals surface area contributed by atoms with Crippen molar-refractivity contribution >= 4 is 5.78 Å². The molecule has 0 bridgehead atoms. The van der Waals surface area contributed by atoms with Crippen molar-refractivity contribution in [3.05, 3.63) is 53.2 Å². The Morgan fingerprint density at radius 1 is 1.10 bits per heavy atom. The van der Waals surface area contributed by atoms with Crippen molar-refractivity contribution in [2.45, 2.75) is 19.0 Å². The van der Waals surface area contributed by atoms with Gasteiger partial charge >= 0.3 is 6.18 Å². The molecule has 21 heavy (non-hydrogen) atoms. The van der Waals surface area contributed by atoms with E-state index in [0.717, 1.165) is 17.8 Å². The summed E-state index contributed by atoms with van der Waals surface area (Å²) in [6.07, 6.45) is -2.70. The second-order valence-electron chi connectivity index (χ2n) is 4.69. The molecule has 0 saturated heterocycles. The number of benzene rings is 1. The highest BCUT2D eigenvalue weighted by molar-refractivity contribution is 6.01. The lowest BCUT2D eigenvalue weighted by molar-refractivity contribution is -0.137. The van der Waals surface area contributed by atoms with Crippen LogP contribution in [0.4, 0.5) is 13.2 Å². The summed E-state index contributed by atoms with van der Waals surface area (Å²) in [7, 11) is 0. The van der Waals surface area contributed by atoms with E-state index in [1.54, 1.807) is 18.2 Å². The number of fused-ring (bicyclic) bond motifs is 1. The van der Waals surface area contributed by atoms with Crippen molar-refractivity contribution in [2.75, 3.05) is 0 Å². The van der Waals surface area contributed by atoms with E-state index in [1.807, 2.05) is 0 Å². The number of nitrogens with zero attached hydrogens (tertiary/aromatic N) is 1. The lowest BCUT2D eigenvalue weighted by atomic mass is 10.1. The van der Waals surface area contributed by atoms with Gasteiger partial charge in [0.05, 0.1) is 5.56 Å². The highest BCUT2D eigenvalue weighted by atomic mass is 19.4. The van der Waals surface area contributed by atoms with Crippen LogP contribution in [0.1, 0.15) is 27.9 Å². The quantitative estimate of drug-likeness (QED) is 0.839. The maximum absolute atomic E-state index is 12.5. The third-order valence-electron chi connectivity index (χ3n) is 3.31. The van der Waals surface area contributed by atoms with Crippen LogP contribution in [0.15, 0.2) is 36.5 Å². The Balaban J connectivity index is 1.87. The van der Waals surface area contributed by atoms with Crippen molar-refractivity contribution in [1.29, 1.82) is 0 Å². The largest absolute Gasteiger partial charge is 0.439 e. The minimum atomic E-state index is -4.42. The summed E-state index contributed by atoms with van der Waals surface area (Å²) in [5.74, 6) is 0.581. The number of pyridine rings is 1. The summed E-state index contributed by atoms with van der Waals surface area (Å²) < 4.78 is 42.9. The van der Waals surface area contributed by atoms with E-state index in [9.17, 15) is 18.0 Å². The normalized spacial score (nSPS) is 14.1. The highest BCUT2D eigenvalue weighted by Crippen LogP contribution is 2.34. The first-order chi connectivity index (χ1) is 9.95. The molecule has 0 radical (unpaired) electrons. The molecule has 1 heterocycles. The van der Waals surface area contributed by atoms with Gasteiger partial charge in [-0.2, -0.15) is 13.2 Å². The maximum Gasteiger partial charge on any atom is 0.417 e. The summed E-state index contributed by atoms with van der Waals surface area (Å²) in [4.78, 5) is 15.3. The molecule has 0 saturated carbocycles. The van der Waals surface area contributed by atoms with Gasteiger partial charge in [0, 0.05) is 29.8 Å². The summed E-state index contributed by atoms with van der Waals surface area (Å²) in [5, 5.41) is 0. The van der Waals surface area contributed by atoms with E-state index in [4.69, 9.17) is 4.74 Å². The summed E-state index contributed by atoms with van der Waals surface area (Å²) in [5.41, 5.74) is 0.562. The molecule has 1 aromatic heterocycles. The second-order valence-corrected chi connectivity index (χ2v) is 4.69. The van der Waals surface area contributed by atoms with Gasteiger partial charge in [0.25, 0.3) is 0 Å². The van der Waals surface area contributed by atoms with Gasteiger partial charge in [-0.15, -0.1) is 0 Å². The molecule has 1 aliphatic rings. The monoisotopic (exact) mass is 293 g/mol. The van der Waals surface area contributed by atoms with Crippen molar-refractivity contribution in [3.8, 4) is 11.6 Å². The Morgan fingerprint density at radius 2 is 1.90 bits per heavy atom. The molecule has 0 fully saturated rings. The molecule has 0 spiro atoms. The number of ether oxygens (including phenoxy) is 1. The Hall–Kier alpha value is -2.37. The van der Waals surface area contributed by atoms with Crippen molar-refractivity contribution < 1.29 is 22.7 Å². The molecular weight excluding hydrogens is 283 g/mol. The third kappa shape index (κ3) is 2.61. The summed E-state index contributed by atoms with van der Waals surface area (Å²) in [6, 6.07) is 7.16. The van der Waals surface area contributed by atoms with E-state index in [0.29, 0.717) is 24.2 Å². The lowest BCUT2D eigenvalue weighted by Crippen LogP contribution is -2.05. The molecule has 0 unspecified atom stereocenters. The molecule has 0 atom stereocenters. The zero-order valence-electron chi connectivity index (χ0n) is 10.8.